The molecule has 26 heavy (non-hydrogen) atoms. The molecule has 0 saturated carbocycles. The molecule has 0 saturated heterocycles. The van der Waals surface area contributed by atoms with Gasteiger partial charge in [-0.3, -0.25) is 0 Å². The highest BCUT2D eigenvalue weighted by Gasteiger charge is 2.11. The van der Waals surface area contributed by atoms with E-state index in [-0.39, 0.29) is 0 Å². The molecule has 0 unspecified atom stereocenters. The molecule has 0 amide bonds. The second-order valence-electron chi connectivity index (χ2n) is 6.58. The van der Waals surface area contributed by atoms with Crippen LogP contribution in [0.3, 0.4) is 0 Å². The zero-order valence-electron chi connectivity index (χ0n) is 14.4. The zero-order valence-corrected chi connectivity index (χ0v) is 14.4. The topological polar surface area (TPSA) is 8.81 Å². The molecule has 0 N–H and O–H groups in total. The molecule has 0 bridgehead atoms. The van der Waals surface area contributed by atoms with Crippen LogP contribution in [0.15, 0.2) is 103 Å². The lowest BCUT2D eigenvalue weighted by Crippen LogP contribution is -2.32. The number of fused-ring (bicyclic) bond motifs is 3. The second-order valence-corrected chi connectivity index (χ2v) is 6.58. The van der Waals surface area contributed by atoms with Gasteiger partial charge in [0.25, 0.3) is 0 Å². The van der Waals surface area contributed by atoms with E-state index in [2.05, 4.69) is 106 Å². The third kappa shape index (κ3) is 2.47. The van der Waals surface area contributed by atoms with Crippen LogP contribution in [-0.4, -0.2) is 4.57 Å². The van der Waals surface area contributed by atoms with Crippen LogP contribution in [0.1, 0.15) is 5.56 Å². The van der Waals surface area contributed by atoms with Gasteiger partial charge in [-0.1, -0.05) is 54.6 Å². The van der Waals surface area contributed by atoms with Crippen LogP contribution in [0.4, 0.5) is 0 Å². The van der Waals surface area contributed by atoms with Crippen molar-refractivity contribution in [3.63, 3.8) is 0 Å². The maximum atomic E-state index is 2.35. The molecular formula is C24H19N2+. The molecule has 0 fully saturated rings. The van der Waals surface area contributed by atoms with Crippen molar-refractivity contribution in [1.82, 2.24) is 4.57 Å². The van der Waals surface area contributed by atoms with Crippen molar-refractivity contribution in [1.29, 1.82) is 0 Å². The number of pyridine rings is 1. The largest absolute Gasteiger partial charge is 0.309 e. The fourth-order valence-electron chi connectivity index (χ4n) is 3.70. The summed E-state index contributed by atoms with van der Waals surface area (Å²) in [7, 11) is 0. The summed E-state index contributed by atoms with van der Waals surface area (Å²) in [6.45, 7) is 0.883. The minimum atomic E-state index is 0.883. The Morgan fingerprint density at radius 2 is 1.15 bits per heavy atom. The van der Waals surface area contributed by atoms with Crippen molar-refractivity contribution >= 4 is 21.8 Å². The maximum Gasteiger partial charge on any atom is 0.173 e. The molecule has 5 aromatic rings. The average Bonchev–Trinajstić information content (AvgIpc) is 3.04. The molecule has 2 heterocycles. The second kappa shape index (κ2) is 6.16. The van der Waals surface area contributed by atoms with E-state index in [4.69, 9.17) is 0 Å². The number of rotatable bonds is 3. The van der Waals surface area contributed by atoms with Gasteiger partial charge < -0.3 is 4.57 Å². The molecule has 0 aliphatic rings. The summed E-state index contributed by atoms with van der Waals surface area (Å²) >= 11 is 0. The molecular weight excluding hydrogens is 316 g/mol. The fraction of sp³-hybridized carbons (Fsp3) is 0.0417. The minimum Gasteiger partial charge on any atom is -0.309 e. The van der Waals surface area contributed by atoms with Gasteiger partial charge in [-0.25, -0.2) is 4.57 Å². The van der Waals surface area contributed by atoms with Gasteiger partial charge in [0.2, 0.25) is 0 Å². The SMILES string of the molecule is c1cc[n+](Cc2ccc(-n3c4ccccc4c4ccccc43)cc2)cc1. The number of benzene rings is 3. The molecule has 0 radical (unpaired) electrons. The highest BCUT2D eigenvalue weighted by molar-refractivity contribution is 6.09. The quantitative estimate of drug-likeness (QED) is 0.405. The first-order valence-electron chi connectivity index (χ1n) is 8.92. The number of hydrogen-bond acceptors (Lipinski definition) is 0. The number of hydrogen-bond donors (Lipinski definition) is 0. The van der Waals surface area contributed by atoms with Gasteiger partial charge in [-0.15, -0.1) is 0 Å². The standard InChI is InChI=1S/C24H19N2/c1-6-16-25(17-7-1)18-19-12-14-20(15-13-19)26-23-10-4-2-8-21(23)22-9-3-5-11-24(22)26/h1-17H,18H2/q+1. The summed E-state index contributed by atoms with van der Waals surface area (Å²) in [5, 5.41) is 2.60. The van der Waals surface area contributed by atoms with Crippen molar-refractivity contribution in [2.24, 2.45) is 0 Å². The molecule has 0 spiro atoms. The minimum absolute atomic E-state index is 0.883. The van der Waals surface area contributed by atoms with Gasteiger partial charge in [0, 0.05) is 34.2 Å². The first kappa shape index (κ1) is 14.9. The predicted molar refractivity (Wildman–Crippen MR) is 107 cm³/mol. The Labute approximate surface area is 152 Å². The highest BCUT2D eigenvalue weighted by Crippen LogP contribution is 2.31. The molecule has 0 aliphatic heterocycles. The van der Waals surface area contributed by atoms with E-state index in [0.717, 1.165) is 6.54 Å². The van der Waals surface area contributed by atoms with E-state index in [9.17, 15) is 0 Å². The summed E-state index contributed by atoms with van der Waals surface area (Å²) in [5.74, 6) is 0. The van der Waals surface area contributed by atoms with Crippen LogP contribution in [-0.2, 0) is 6.54 Å². The molecule has 2 aromatic heterocycles. The molecule has 124 valence electrons. The Morgan fingerprint density at radius 3 is 1.77 bits per heavy atom. The number of para-hydroxylation sites is 2. The van der Waals surface area contributed by atoms with E-state index in [0.29, 0.717) is 0 Å². The van der Waals surface area contributed by atoms with Crippen molar-refractivity contribution in [2.45, 2.75) is 6.54 Å². The lowest BCUT2D eigenvalue weighted by molar-refractivity contribution is -0.688. The Balaban J connectivity index is 1.61. The van der Waals surface area contributed by atoms with Gasteiger partial charge in [-0.05, 0) is 24.3 Å². The van der Waals surface area contributed by atoms with Crippen molar-refractivity contribution < 1.29 is 4.57 Å². The monoisotopic (exact) mass is 335 g/mol. The lowest BCUT2D eigenvalue weighted by atomic mass is 10.2. The molecule has 5 rings (SSSR count). The summed E-state index contributed by atoms with van der Waals surface area (Å²) in [5.41, 5.74) is 4.99. The van der Waals surface area contributed by atoms with Crippen molar-refractivity contribution in [3.05, 3.63) is 109 Å². The molecule has 0 aliphatic carbocycles. The normalized spacial score (nSPS) is 11.2. The molecule has 0 atom stereocenters. The van der Waals surface area contributed by atoms with Gasteiger partial charge in [0.15, 0.2) is 18.9 Å². The van der Waals surface area contributed by atoms with Crippen molar-refractivity contribution in [2.75, 3.05) is 0 Å². The van der Waals surface area contributed by atoms with E-state index in [1.165, 1.54) is 33.1 Å². The van der Waals surface area contributed by atoms with Crippen LogP contribution in [0.25, 0.3) is 27.5 Å². The Kier molecular flexibility index (Phi) is 3.53. The van der Waals surface area contributed by atoms with Crippen LogP contribution < -0.4 is 4.57 Å². The highest BCUT2D eigenvalue weighted by atomic mass is 15.0. The van der Waals surface area contributed by atoms with Crippen LogP contribution in [0.2, 0.25) is 0 Å². The van der Waals surface area contributed by atoms with E-state index >= 15 is 0 Å². The summed E-state index contributed by atoms with van der Waals surface area (Å²) in [4.78, 5) is 0. The third-order valence-corrected chi connectivity index (χ3v) is 4.92. The molecule has 3 aromatic carbocycles. The van der Waals surface area contributed by atoms with Gasteiger partial charge in [0.1, 0.15) is 0 Å². The van der Waals surface area contributed by atoms with Gasteiger partial charge in [-0.2, -0.15) is 0 Å². The Hall–Kier alpha value is -3.39. The third-order valence-electron chi connectivity index (χ3n) is 4.92. The first-order chi connectivity index (χ1) is 12.9. The summed E-state index contributed by atoms with van der Waals surface area (Å²) in [6, 6.07) is 32.3. The van der Waals surface area contributed by atoms with Crippen LogP contribution in [0.5, 0.6) is 0 Å². The summed E-state index contributed by atoms with van der Waals surface area (Å²) < 4.78 is 4.54. The van der Waals surface area contributed by atoms with Crippen molar-refractivity contribution in [3.8, 4) is 5.69 Å². The van der Waals surface area contributed by atoms with E-state index in [1.54, 1.807) is 0 Å². The van der Waals surface area contributed by atoms with E-state index in [1.807, 2.05) is 6.07 Å². The smallest absolute Gasteiger partial charge is 0.173 e. The number of aromatic nitrogens is 2. The van der Waals surface area contributed by atoms with E-state index < -0.39 is 0 Å². The zero-order chi connectivity index (χ0) is 17.3. The Bertz CT molecular complexity index is 1130. The predicted octanol–water partition coefficient (Wildman–Crippen LogP) is 5.12. The van der Waals surface area contributed by atoms with Gasteiger partial charge in [0.05, 0.1) is 11.0 Å². The average molecular weight is 335 g/mol. The van der Waals surface area contributed by atoms with Gasteiger partial charge >= 0.3 is 0 Å². The lowest BCUT2D eigenvalue weighted by Gasteiger charge is -2.08. The number of nitrogens with zero attached hydrogens (tertiary/aromatic N) is 2. The Morgan fingerprint density at radius 1 is 0.577 bits per heavy atom. The first-order valence-corrected chi connectivity index (χ1v) is 8.92. The van der Waals surface area contributed by atoms with Crippen LogP contribution in [0, 0.1) is 0 Å². The molecule has 2 nitrogen and oxygen atoms in total. The van der Waals surface area contributed by atoms with Crippen LogP contribution >= 0.6 is 0 Å². The summed E-state index contributed by atoms with van der Waals surface area (Å²) in [6.07, 6.45) is 4.20. The fourth-order valence-corrected chi connectivity index (χ4v) is 3.70. The maximum absolute atomic E-state index is 2.35. The molecule has 2 heteroatoms.